The Morgan fingerprint density at radius 3 is 2.76 bits per heavy atom. The van der Waals surface area contributed by atoms with E-state index < -0.39 is 0 Å². The number of fused-ring (bicyclic) bond motifs is 2. The van der Waals surface area contributed by atoms with Gasteiger partial charge in [-0.25, -0.2) is 24.5 Å². The van der Waals surface area contributed by atoms with Gasteiger partial charge in [0, 0.05) is 26.2 Å². The second-order valence-corrected chi connectivity index (χ2v) is 7.69. The van der Waals surface area contributed by atoms with Gasteiger partial charge in [0.05, 0.1) is 24.3 Å². The Morgan fingerprint density at radius 2 is 1.93 bits per heavy atom. The summed E-state index contributed by atoms with van der Waals surface area (Å²) in [6, 6.07) is 3.85. The molecule has 0 unspecified atom stereocenters. The van der Waals surface area contributed by atoms with Gasteiger partial charge in [-0.15, -0.1) is 5.10 Å². The summed E-state index contributed by atoms with van der Waals surface area (Å²) in [6.45, 7) is 6.55. The van der Waals surface area contributed by atoms with Gasteiger partial charge in [0.1, 0.15) is 6.33 Å². The third-order valence-corrected chi connectivity index (χ3v) is 5.77. The number of piperidine rings is 1. The van der Waals surface area contributed by atoms with E-state index in [4.69, 9.17) is 4.74 Å². The molecule has 1 aliphatic heterocycles. The summed E-state index contributed by atoms with van der Waals surface area (Å²) in [4.78, 5) is 20.1. The zero-order chi connectivity index (χ0) is 20.0. The predicted octanol–water partition coefficient (Wildman–Crippen LogP) is 2.32. The molecule has 0 radical (unpaired) electrons. The Labute approximate surface area is 168 Å². The lowest BCUT2D eigenvalue weighted by Crippen LogP contribution is -2.36. The summed E-state index contributed by atoms with van der Waals surface area (Å²) in [5.74, 6) is 2.06. The van der Waals surface area contributed by atoms with Crippen molar-refractivity contribution in [2.75, 3.05) is 24.6 Å². The Kier molecular flexibility index (Phi) is 4.30. The molecule has 0 spiro atoms. The SMILES string of the molecule is Cc1nc2ccc(OCC3CCN(c4ncnc5c4ncn5C)CC3)nn2c1C. The molecule has 0 atom stereocenters. The van der Waals surface area contributed by atoms with Crippen molar-refractivity contribution in [3.63, 3.8) is 0 Å². The second-order valence-electron chi connectivity index (χ2n) is 7.69. The lowest BCUT2D eigenvalue weighted by molar-refractivity contribution is 0.213. The van der Waals surface area contributed by atoms with Crippen molar-refractivity contribution in [1.82, 2.24) is 34.1 Å². The highest BCUT2D eigenvalue weighted by molar-refractivity contribution is 5.83. The van der Waals surface area contributed by atoms with Gasteiger partial charge in [-0.2, -0.15) is 0 Å². The van der Waals surface area contributed by atoms with E-state index in [1.54, 1.807) is 12.7 Å². The van der Waals surface area contributed by atoms with Gasteiger partial charge in [0.2, 0.25) is 5.88 Å². The van der Waals surface area contributed by atoms with E-state index in [1.165, 1.54) is 0 Å². The molecule has 4 aromatic rings. The maximum Gasteiger partial charge on any atom is 0.231 e. The minimum absolute atomic E-state index is 0.496. The lowest BCUT2D eigenvalue weighted by Gasteiger charge is -2.32. The van der Waals surface area contributed by atoms with Gasteiger partial charge in [-0.05, 0) is 38.7 Å². The topological polar surface area (TPSA) is 86.3 Å². The van der Waals surface area contributed by atoms with Gasteiger partial charge in [-0.3, -0.25) is 0 Å². The second kappa shape index (κ2) is 6.98. The first-order chi connectivity index (χ1) is 14.1. The van der Waals surface area contributed by atoms with Crippen LogP contribution in [0.2, 0.25) is 0 Å². The Balaban J connectivity index is 1.23. The maximum absolute atomic E-state index is 6.01. The fourth-order valence-corrected chi connectivity index (χ4v) is 3.89. The van der Waals surface area contributed by atoms with Crippen molar-refractivity contribution >= 4 is 22.6 Å². The van der Waals surface area contributed by atoms with E-state index in [0.29, 0.717) is 18.4 Å². The van der Waals surface area contributed by atoms with E-state index >= 15 is 0 Å². The number of hydrogen-bond acceptors (Lipinski definition) is 7. The number of ether oxygens (including phenoxy) is 1. The summed E-state index contributed by atoms with van der Waals surface area (Å²) in [5, 5.41) is 4.57. The molecule has 4 aromatic heterocycles. The molecule has 0 aliphatic carbocycles. The molecule has 0 saturated carbocycles. The monoisotopic (exact) mass is 392 g/mol. The lowest BCUT2D eigenvalue weighted by atomic mass is 9.98. The number of hydrogen-bond donors (Lipinski definition) is 0. The number of aryl methyl sites for hydroxylation is 3. The molecule has 0 aromatic carbocycles. The summed E-state index contributed by atoms with van der Waals surface area (Å²) in [7, 11) is 1.95. The molecule has 9 heteroatoms. The van der Waals surface area contributed by atoms with Crippen LogP contribution in [0.4, 0.5) is 5.82 Å². The first kappa shape index (κ1) is 17.8. The average molecular weight is 392 g/mol. The molecule has 1 fully saturated rings. The number of imidazole rings is 2. The van der Waals surface area contributed by atoms with Gasteiger partial charge >= 0.3 is 0 Å². The zero-order valence-corrected chi connectivity index (χ0v) is 16.9. The number of aromatic nitrogens is 7. The van der Waals surface area contributed by atoms with Crippen LogP contribution in [0.3, 0.4) is 0 Å². The number of rotatable bonds is 4. The van der Waals surface area contributed by atoms with Gasteiger partial charge < -0.3 is 14.2 Å². The van der Waals surface area contributed by atoms with Crippen LogP contribution in [0.5, 0.6) is 5.88 Å². The van der Waals surface area contributed by atoms with Crippen molar-refractivity contribution in [3.8, 4) is 5.88 Å². The van der Waals surface area contributed by atoms with Crippen LogP contribution in [-0.2, 0) is 7.05 Å². The fraction of sp³-hybridized carbons (Fsp3) is 0.450. The number of anilines is 1. The largest absolute Gasteiger partial charge is 0.476 e. The van der Waals surface area contributed by atoms with Crippen molar-refractivity contribution in [2.45, 2.75) is 26.7 Å². The van der Waals surface area contributed by atoms with Gasteiger partial charge in [0.15, 0.2) is 22.6 Å². The Morgan fingerprint density at radius 1 is 1.10 bits per heavy atom. The van der Waals surface area contributed by atoms with Crippen molar-refractivity contribution < 1.29 is 4.74 Å². The smallest absolute Gasteiger partial charge is 0.231 e. The first-order valence-corrected chi connectivity index (χ1v) is 9.93. The average Bonchev–Trinajstić information content (AvgIpc) is 3.26. The van der Waals surface area contributed by atoms with Crippen molar-refractivity contribution in [2.24, 2.45) is 13.0 Å². The van der Waals surface area contributed by atoms with Crippen molar-refractivity contribution in [3.05, 3.63) is 36.2 Å². The van der Waals surface area contributed by atoms with Crippen LogP contribution in [0, 0.1) is 19.8 Å². The standard InChI is InChI=1S/C20H24N8O/c1-13-14(2)28-16(24-13)4-5-17(25-28)29-10-15-6-8-27(9-7-15)20-18-19(21-11-22-20)26(3)12-23-18/h4-5,11-12,15H,6-10H2,1-3H3. The molecule has 0 amide bonds. The molecule has 0 bridgehead atoms. The highest BCUT2D eigenvalue weighted by Crippen LogP contribution is 2.26. The van der Waals surface area contributed by atoms with Crippen LogP contribution in [0.1, 0.15) is 24.2 Å². The minimum atomic E-state index is 0.496. The van der Waals surface area contributed by atoms with E-state index in [9.17, 15) is 0 Å². The minimum Gasteiger partial charge on any atom is -0.476 e. The molecule has 1 aliphatic rings. The summed E-state index contributed by atoms with van der Waals surface area (Å²) in [5.41, 5.74) is 4.63. The molecule has 150 valence electrons. The van der Waals surface area contributed by atoms with E-state index in [1.807, 2.05) is 42.1 Å². The van der Waals surface area contributed by atoms with Crippen LogP contribution < -0.4 is 9.64 Å². The normalized spacial score (nSPS) is 15.5. The van der Waals surface area contributed by atoms with Crippen LogP contribution >= 0.6 is 0 Å². The Hall–Kier alpha value is -3.23. The van der Waals surface area contributed by atoms with E-state index in [-0.39, 0.29) is 0 Å². The Bertz CT molecular complexity index is 1170. The summed E-state index contributed by atoms with van der Waals surface area (Å²) in [6.07, 6.45) is 5.50. The molecule has 5 heterocycles. The van der Waals surface area contributed by atoms with Crippen LogP contribution in [0.25, 0.3) is 16.8 Å². The summed E-state index contributed by atoms with van der Waals surface area (Å²) < 4.78 is 9.79. The van der Waals surface area contributed by atoms with Gasteiger partial charge in [-0.1, -0.05) is 0 Å². The van der Waals surface area contributed by atoms with Crippen LogP contribution in [-0.4, -0.2) is 53.8 Å². The third kappa shape index (κ3) is 3.16. The molecule has 0 N–H and O–H groups in total. The summed E-state index contributed by atoms with van der Waals surface area (Å²) >= 11 is 0. The van der Waals surface area contributed by atoms with Crippen LogP contribution in [0.15, 0.2) is 24.8 Å². The molecule has 1 saturated heterocycles. The first-order valence-electron chi connectivity index (χ1n) is 9.93. The van der Waals surface area contributed by atoms with E-state index in [0.717, 1.165) is 59.9 Å². The predicted molar refractivity (Wildman–Crippen MR) is 109 cm³/mol. The molecule has 9 nitrogen and oxygen atoms in total. The fourth-order valence-electron chi connectivity index (χ4n) is 3.89. The van der Waals surface area contributed by atoms with Crippen molar-refractivity contribution in [1.29, 1.82) is 0 Å². The van der Waals surface area contributed by atoms with Gasteiger partial charge in [0.25, 0.3) is 0 Å². The third-order valence-electron chi connectivity index (χ3n) is 5.77. The number of nitrogens with zero attached hydrogens (tertiary/aromatic N) is 8. The maximum atomic E-state index is 6.01. The molecular weight excluding hydrogens is 368 g/mol. The van der Waals surface area contributed by atoms with E-state index in [2.05, 4.69) is 29.9 Å². The highest BCUT2D eigenvalue weighted by Gasteiger charge is 2.23. The molecule has 29 heavy (non-hydrogen) atoms. The quantitative estimate of drug-likeness (QED) is 0.527. The highest BCUT2D eigenvalue weighted by atomic mass is 16.5. The molecule has 5 rings (SSSR count). The zero-order valence-electron chi connectivity index (χ0n) is 16.9. The molecular formula is C20H24N8O.